The van der Waals surface area contributed by atoms with E-state index in [0.717, 1.165) is 6.54 Å². The number of nitrogens with two attached hydrogens (primary N) is 1. The van der Waals surface area contributed by atoms with Crippen molar-refractivity contribution in [3.05, 3.63) is 30.3 Å². The summed E-state index contributed by atoms with van der Waals surface area (Å²) in [6, 6.07) is 10.1. The molecule has 0 aliphatic carbocycles. The maximum atomic E-state index is 4.93. The molecular formula is C9H14N2O. The first-order chi connectivity index (χ1) is 5.84. The molecule has 0 unspecified atom stereocenters. The molecule has 1 aromatic rings. The molecule has 1 rings (SSSR count). The number of hydrogen-bond donors (Lipinski definition) is 1. The van der Waals surface area contributed by atoms with E-state index in [9.17, 15) is 0 Å². The summed E-state index contributed by atoms with van der Waals surface area (Å²) in [5.74, 6) is 4.93. The summed E-state index contributed by atoms with van der Waals surface area (Å²) in [5, 5.41) is 0. The second-order valence-corrected chi connectivity index (χ2v) is 2.63. The van der Waals surface area contributed by atoms with Crippen LogP contribution in [0.1, 0.15) is 0 Å². The third-order valence-electron chi connectivity index (χ3n) is 1.74. The standard InChI is InChI=1S/C9H14N2O/c1-11(7-8-12-10)9-5-3-2-4-6-9/h2-6H,7-8,10H2,1H3. The summed E-state index contributed by atoms with van der Waals surface area (Å²) in [4.78, 5) is 6.58. The smallest absolute Gasteiger partial charge is 0.0854 e. The summed E-state index contributed by atoms with van der Waals surface area (Å²) in [6.07, 6.45) is 0. The van der Waals surface area contributed by atoms with Gasteiger partial charge in [-0.1, -0.05) is 18.2 Å². The van der Waals surface area contributed by atoms with Crippen LogP contribution in [0.3, 0.4) is 0 Å². The maximum Gasteiger partial charge on any atom is 0.0854 e. The normalized spacial score (nSPS) is 9.83. The van der Waals surface area contributed by atoms with Crippen molar-refractivity contribution in [3.8, 4) is 0 Å². The molecule has 0 heterocycles. The van der Waals surface area contributed by atoms with E-state index in [1.165, 1.54) is 5.69 Å². The molecule has 0 aliphatic heterocycles. The highest BCUT2D eigenvalue weighted by Crippen LogP contribution is 2.09. The first-order valence-corrected chi connectivity index (χ1v) is 3.92. The Kier molecular flexibility index (Phi) is 3.57. The zero-order chi connectivity index (χ0) is 8.81. The highest BCUT2D eigenvalue weighted by molar-refractivity contribution is 5.44. The molecule has 0 bridgehead atoms. The van der Waals surface area contributed by atoms with Crippen molar-refractivity contribution < 1.29 is 4.84 Å². The van der Waals surface area contributed by atoms with E-state index in [1.807, 2.05) is 25.2 Å². The maximum absolute atomic E-state index is 4.93. The molecule has 3 nitrogen and oxygen atoms in total. The van der Waals surface area contributed by atoms with Crippen LogP contribution >= 0.6 is 0 Å². The molecule has 0 spiro atoms. The molecular weight excluding hydrogens is 152 g/mol. The Balaban J connectivity index is 2.48. The third kappa shape index (κ3) is 2.53. The molecule has 3 heteroatoms. The van der Waals surface area contributed by atoms with Crippen LogP contribution < -0.4 is 10.8 Å². The lowest BCUT2D eigenvalue weighted by molar-refractivity contribution is 0.145. The van der Waals surface area contributed by atoms with E-state index in [-0.39, 0.29) is 0 Å². The molecule has 12 heavy (non-hydrogen) atoms. The first-order valence-electron chi connectivity index (χ1n) is 3.92. The van der Waals surface area contributed by atoms with Gasteiger partial charge in [-0.05, 0) is 12.1 Å². The van der Waals surface area contributed by atoms with E-state index in [1.54, 1.807) is 0 Å². The molecule has 66 valence electrons. The summed E-state index contributed by atoms with van der Waals surface area (Å²) < 4.78 is 0. The van der Waals surface area contributed by atoms with Crippen molar-refractivity contribution in [1.82, 2.24) is 0 Å². The van der Waals surface area contributed by atoms with E-state index in [4.69, 9.17) is 5.90 Å². The summed E-state index contributed by atoms with van der Waals surface area (Å²) in [5.41, 5.74) is 1.18. The lowest BCUT2D eigenvalue weighted by Crippen LogP contribution is -2.23. The predicted octanol–water partition coefficient (Wildman–Crippen LogP) is 1.01. The van der Waals surface area contributed by atoms with E-state index in [2.05, 4.69) is 21.9 Å². The van der Waals surface area contributed by atoms with Gasteiger partial charge in [0, 0.05) is 19.3 Å². The lowest BCUT2D eigenvalue weighted by atomic mass is 10.3. The zero-order valence-electron chi connectivity index (χ0n) is 7.23. The van der Waals surface area contributed by atoms with Gasteiger partial charge in [0.25, 0.3) is 0 Å². The van der Waals surface area contributed by atoms with Gasteiger partial charge in [-0.25, -0.2) is 5.90 Å². The Bertz CT molecular complexity index is 213. The predicted molar refractivity (Wildman–Crippen MR) is 49.9 cm³/mol. The van der Waals surface area contributed by atoms with E-state index < -0.39 is 0 Å². The molecule has 0 atom stereocenters. The van der Waals surface area contributed by atoms with Crippen LogP contribution in [0.25, 0.3) is 0 Å². The summed E-state index contributed by atoms with van der Waals surface area (Å²) in [6.45, 7) is 1.35. The van der Waals surface area contributed by atoms with Crippen LogP contribution in [0.2, 0.25) is 0 Å². The van der Waals surface area contributed by atoms with E-state index in [0.29, 0.717) is 6.61 Å². The van der Waals surface area contributed by atoms with Crippen LogP contribution in [-0.4, -0.2) is 20.2 Å². The number of anilines is 1. The average Bonchev–Trinajstić information content (AvgIpc) is 2.15. The van der Waals surface area contributed by atoms with E-state index >= 15 is 0 Å². The molecule has 0 fully saturated rings. The van der Waals surface area contributed by atoms with Crippen molar-refractivity contribution in [3.63, 3.8) is 0 Å². The van der Waals surface area contributed by atoms with Crippen molar-refractivity contribution in [2.45, 2.75) is 0 Å². The molecule has 1 aromatic carbocycles. The summed E-state index contributed by atoms with van der Waals surface area (Å²) in [7, 11) is 2.01. The number of benzene rings is 1. The van der Waals surface area contributed by atoms with Gasteiger partial charge in [0.05, 0.1) is 6.61 Å². The summed E-state index contributed by atoms with van der Waals surface area (Å²) >= 11 is 0. The largest absolute Gasteiger partial charge is 0.372 e. The number of para-hydroxylation sites is 1. The zero-order valence-corrected chi connectivity index (χ0v) is 7.23. The van der Waals surface area contributed by atoms with Gasteiger partial charge in [0.15, 0.2) is 0 Å². The van der Waals surface area contributed by atoms with Crippen molar-refractivity contribution in [1.29, 1.82) is 0 Å². The minimum absolute atomic E-state index is 0.547. The number of rotatable bonds is 4. The van der Waals surface area contributed by atoms with Crippen LogP contribution in [0.4, 0.5) is 5.69 Å². The van der Waals surface area contributed by atoms with Gasteiger partial charge in [0.2, 0.25) is 0 Å². The van der Waals surface area contributed by atoms with Crippen molar-refractivity contribution >= 4 is 5.69 Å². The van der Waals surface area contributed by atoms with Gasteiger partial charge in [-0.15, -0.1) is 0 Å². The van der Waals surface area contributed by atoms with Gasteiger partial charge < -0.3 is 9.74 Å². The van der Waals surface area contributed by atoms with Crippen LogP contribution in [-0.2, 0) is 4.84 Å². The highest BCUT2D eigenvalue weighted by atomic mass is 16.6. The monoisotopic (exact) mass is 166 g/mol. The van der Waals surface area contributed by atoms with Crippen molar-refractivity contribution in [2.24, 2.45) is 5.90 Å². The fourth-order valence-electron chi connectivity index (χ4n) is 1.00. The second-order valence-electron chi connectivity index (χ2n) is 2.63. The van der Waals surface area contributed by atoms with Crippen LogP contribution in [0.15, 0.2) is 30.3 Å². The molecule has 0 radical (unpaired) electrons. The number of nitrogens with zero attached hydrogens (tertiary/aromatic N) is 1. The lowest BCUT2D eigenvalue weighted by Gasteiger charge is -2.17. The van der Waals surface area contributed by atoms with Crippen LogP contribution in [0, 0.1) is 0 Å². The SMILES string of the molecule is CN(CCON)c1ccccc1. The fourth-order valence-corrected chi connectivity index (χ4v) is 1.00. The fraction of sp³-hybridized carbons (Fsp3) is 0.333. The minimum Gasteiger partial charge on any atom is -0.372 e. The number of likely N-dealkylation sites (N-methyl/N-ethyl adjacent to an activating group) is 1. The average molecular weight is 166 g/mol. The Morgan fingerprint density at radius 3 is 2.58 bits per heavy atom. The molecule has 0 saturated heterocycles. The topological polar surface area (TPSA) is 38.5 Å². The van der Waals surface area contributed by atoms with Gasteiger partial charge in [0.1, 0.15) is 0 Å². The molecule has 0 amide bonds. The minimum atomic E-state index is 0.547. The van der Waals surface area contributed by atoms with Gasteiger partial charge >= 0.3 is 0 Å². The molecule has 0 saturated carbocycles. The Morgan fingerprint density at radius 1 is 1.33 bits per heavy atom. The Labute approximate surface area is 72.7 Å². The Morgan fingerprint density at radius 2 is 2.00 bits per heavy atom. The van der Waals surface area contributed by atoms with Crippen molar-refractivity contribution in [2.75, 3.05) is 25.1 Å². The molecule has 0 aromatic heterocycles. The van der Waals surface area contributed by atoms with Gasteiger partial charge in [-0.3, -0.25) is 0 Å². The Hall–Kier alpha value is -1.06. The number of hydrogen-bond acceptors (Lipinski definition) is 3. The molecule has 2 N–H and O–H groups in total. The second kappa shape index (κ2) is 4.74. The highest BCUT2D eigenvalue weighted by Gasteiger charge is 1.97. The quantitative estimate of drug-likeness (QED) is 0.678. The van der Waals surface area contributed by atoms with Crippen LogP contribution in [0.5, 0.6) is 0 Å². The first kappa shape index (κ1) is 9.03. The van der Waals surface area contributed by atoms with Gasteiger partial charge in [-0.2, -0.15) is 0 Å². The third-order valence-corrected chi connectivity index (χ3v) is 1.74. The molecule has 0 aliphatic rings.